The Hall–Kier alpha value is -1.09. The second-order valence-corrected chi connectivity index (χ2v) is 5.09. The first kappa shape index (κ1) is 12.4. The van der Waals surface area contributed by atoms with E-state index in [4.69, 9.17) is 0 Å². The summed E-state index contributed by atoms with van der Waals surface area (Å²) in [6.45, 7) is 6.77. The monoisotopic (exact) mass is 233 g/mol. The molecule has 3 nitrogen and oxygen atoms in total. The molecule has 0 bridgehead atoms. The highest BCUT2D eigenvalue weighted by molar-refractivity contribution is 5.51. The van der Waals surface area contributed by atoms with E-state index in [1.807, 2.05) is 12.4 Å². The van der Waals surface area contributed by atoms with Gasteiger partial charge < -0.3 is 10.2 Å². The van der Waals surface area contributed by atoms with Gasteiger partial charge in [-0.15, -0.1) is 0 Å². The minimum Gasteiger partial charge on any atom is -0.371 e. The zero-order chi connectivity index (χ0) is 12.3. The molecule has 3 heteroatoms. The highest BCUT2D eigenvalue weighted by atomic mass is 15.1. The van der Waals surface area contributed by atoms with Crippen LogP contribution in [0.4, 0.5) is 5.69 Å². The number of anilines is 1. The molecule has 0 saturated carbocycles. The molecule has 17 heavy (non-hydrogen) atoms. The van der Waals surface area contributed by atoms with E-state index in [2.05, 4.69) is 42.2 Å². The molecule has 0 amide bonds. The maximum absolute atomic E-state index is 4.17. The molecule has 1 aromatic heterocycles. The Balaban J connectivity index is 2.10. The second kappa shape index (κ2) is 5.50. The lowest BCUT2D eigenvalue weighted by atomic mass is 9.91. The number of aromatic nitrogens is 1. The maximum atomic E-state index is 4.17. The van der Waals surface area contributed by atoms with E-state index >= 15 is 0 Å². The normalized spacial score (nSPS) is 22.5. The lowest BCUT2D eigenvalue weighted by molar-refractivity contribution is 0.333. The van der Waals surface area contributed by atoms with Crippen molar-refractivity contribution in [2.75, 3.05) is 25.0 Å². The molecule has 2 heterocycles. The van der Waals surface area contributed by atoms with Crippen LogP contribution in [0.1, 0.15) is 25.3 Å². The number of rotatable bonds is 3. The van der Waals surface area contributed by atoms with Gasteiger partial charge in [0.2, 0.25) is 0 Å². The lowest BCUT2D eigenvalue weighted by Crippen LogP contribution is -2.43. The first-order chi connectivity index (χ1) is 8.22. The number of nitrogens with zero attached hydrogens (tertiary/aromatic N) is 2. The average Bonchev–Trinajstić information content (AvgIpc) is 2.38. The molecule has 0 aliphatic carbocycles. The predicted molar refractivity (Wildman–Crippen MR) is 72.4 cm³/mol. The number of hydrogen-bond acceptors (Lipinski definition) is 3. The van der Waals surface area contributed by atoms with Crippen molar-refractivity contribution in [1.82, 2.24) is 10.3 Å². The number of aryl methyl sites for hydroxylation is 1. The summed E-state index contributed by atoms with van der Waals surface area (Å²) in [5.41, 5.74) is 2.64. The molecule has 1 aliphatic heterocycles. The fourth-order valence-corrected chi connectivity index (χ4v) is 2.69. The van der Waals surface area contributed by atoms with Gasteiger partial charge in [-0.3, -0.25) is 4.98 Å². The molecule has 0 radical (unpaired) electrons. The summed E-state index contributed by atoms with van der Waals surface area (Å²) >= 11 is 0. The van der Waals surface area contributed by atoms with Gasteiger partial charge in [0, 0.05) is 37.2 Å². The fourth-order valence-electron chi connectivity index (χ4n) is 2.69. The number of pyridine rings is 1. The van der Waals surface area contributed by atoms with Crippen LogP contribution in [-0.4, -0.2) is 31.2 Å². The van der Waals surface area contributed by atoms with Gasteiger partial charge in [-0.05, 0) is 51.3 Å². The molecule has 94 valence electrons. The maximum Gasteiger partial charge on any atom is 0.0426 e. The van der Waals surface area contributed by atoms with Crippen molar-refractivity contribution in [3.8, 4) is 0 Å². The Bertz CT molecular complexity index is 364. The third kappa shape index (κ3) is 2.78. The highest BCUT2D eigenvalue weighted by Crippen LogP contribution is 2.26. The van der Waals surface area contributed by atoms with E-state index in [0.717, 1.165) is 12.5 Å². The van der Waals surface area contributed by atoms with Gasteiger partial charge in [-0.2, -0.15) is 0 Å². The van der Waals surface area contributed by atoms with Crippen molar-refractivity contribution in [2.24, 2.45) is 5.92 Å². The van der Waals surface area contributed by atoms with Gasteiger partial charge in [0.15, 0.2) is 0 Å². The van der Waals surface area contributed by atoms with Crippen LogP contribution in [0.3, 0.4) is 0 Å². The molecule has 2 atom stereocenters. The minimum atomic E-state index is 0.597. The quantitative estimate of drug-likeness (QED) is 0.867. The van der Waals surface area contributed by atoms with Crippen LogP contribution in [0.15, 0.2) is 18.5 Å². The van der Waals surface area contributed by atoms with Crippen LogP contribution in [0, 0.1) is 12.8 Å². The highest BCUT2D eigenvalue weighted by Gasteiger charge is 2.24. The second-order valence-electron chi connectivity index (χ2n) is 5.09. The molecule has 2 unspecified atom stereocenters. The Morgan fingerprint density at radius 2 is 2.35 bits per heavy atom. The molecular weight excluding hydrogens is 210 g/mol. The van der Waals surface area contributed by atoms with Gasteiger partial charge in [-0.1, -0.05) is 0 Å². The van der Waals surface area contributed by atoms with E-state index < -0.39 is 0 Å². The molecule has 1 aromatic rings. The molecule has 2 rings (SSSR count). The molecule has 0 aromatic carbocycles. The number of piperidine rings is 1. The smallest absolute Gasteiger partial charge is 0.0426 e. The Kier molecular flexibility index (Phi) is 4.00. The zero-order valence-corrected chi connectivity index (χ0v) is 11.1. The first-order valence-corrected chi connectivity index (χ1v) is 6.55. The van der Waals surface area contributed by atoms with Crippen LogP contribution < -0.4 is 10.2 Å². The van der Waals surface area contributed by atoms with Crippen LogP contribution in [0.5, 0.6) is 0 Å². The summed E-state index contributed by atoms with van der Waals surface area (Å²) < 4.78 is 0. The average molecular weight is 233 g/mol. The fraction of sp³-hybridized carbons (Fsp3) is 0.643. The summed E-state index contributed by atoms with van der Waals surface area (Å²) in [7, 11) is 2.06. The van der Waals surface area contributed by atoms with Crippen LogP contribution in [-0.2, 0) is 0 Å². The van der Waals surface area contributed by atoms with Crippen molar-refractivity contribution in [3.05, 3.63) is 24.0 Å². The van der Waals surface area contributed by atoms with Crippen molar-refractivity contribution in [1.29, 1.82) is 0 Å². The summed E-state index contributed by atoms with van der Waals surface area (Å²) in [5.74, 6) is 0.751. The van der Waals surface area contributed by atoms with E-state index in [9.17, 15) is 0 Å². The Morgan fingerprint density at radius 1 is 1.53 bits per heavy atom. The summed E-state index contributed by atoms with van der Waals surface area (Å²) in [4.78, 5) is 6.68. The topological polar surface area (TPSA) is 28.2 Å². The SMILES string of the molecule is CNC(C)C1CCCN(c2ccncc2C)C1. The van der Waals surface area contributed by atoms with Gasteiger partial charge >= 0.3 is 0 Å². The molecule has 1 aliphatic rings. The third-order valence-corrected chi connectivity index (χ3v) is 3.95. The molecule has 0 spiro atoms. The van der Waals surface area contributed by atoms with Crippen molar-refractivity contribution < 1.29 is 0 Å². The van der Waals surface area contributed by atoms with Crippen LogP contribution in [0.25, 0.3) is 0 Å². The van der Waals surface area contributed by atoms with Crippen molar-refractivity contribution >= 4 is 5.69 Å². The minimum absolute atomic E-state index is 0.597. The lowest BCUT2D eigenvalue weighted by Gasteiger charge is -2.37. The predicted octanol–water partition coefficient (Wildman–Crippen LogP) is 2.21. The van der Waals surface area contributed by atoms with Gasteiger partial charge in [0.1, 0.15) is 0 Å². The van der Waals surface area contributed by atoms with Crippen LogP contribution >= 0.6 is 0 Å². The van der Waals surface area contributed by atoms with Gasteiger partial charge in [0.25, 0.3) is 0 Å². The largest absolute Gasteiger partial charge is 0.371 e. The van der Waals surface area contributed by atoms with Crippen molar-refractivity contribution in [2.45, 2.75) is 32.7 Å². The van der Waals surface area contributed by atoms with Crippen LogP contribution in [0.2, 0.25) is 0 Å². The zero-order valence-electron chi connectivity index (χ0n) is 11.1. The third-order valence-electron chi connectivity index (χ3n) is 3.95. The van der Waals surface area contributed by atoms with E-state index in [1.54, 1.807) is 0 Å². The number of nitrogens with one attached hydrogen (secondary N) is 1. The van der Waals surface area contributed by atoms with E-state index in [0.29, 0.717) is 6.04 Å². The van der Waals surface area contributed by atoms with E-state index in [1.165, 1.54) is 30.6 Å². The summed E-state index contributed by atoms with van der Waals surface area (Å²) in [6, 6.07) is 2.74. The van der Waals surface area contributed by atoms with E-state index in [-0.39, 0.29) is 0 Å². The number of hydrogen-bond donors (Lipinski definition) is 1. The van der Waals surface area contributed by atoms with Gasteiger partial charge in [0.05, 0.1) is 0 Å². The molecule has 1 saturated heterocycles. The molecular formula is C14H23N3. The first-order valence-electron chi connectivity index (χ1n) is 6.55. The molecule has 1 fully saturated rings. The standard InChI is InChI=1S/C14H23N3/c1-11-9-16-7-6-14(11)17-8-4-5-13(10-17)12(2)15-3/h6-7,9,12-13,15H,4-5,8,10H2,1-3H3. The molecule has 1 N–H and O–H groups in total. The van der Waals surface area contributed by atoms with Gasteiger partial charge in [-0.25, -0.2) is 0 Å². The summed E-state index contributed by atoms with van der Waals surface area (Å²) in [6.07, 6.45) is 6.48. The summed E-state index contributed by atoms with van der Waals surface area (Å²) in [5, 5.41) is 3.38. The Morgan fingerprint density at radius 3 is 3.06 bits per heavy atom. The Labute approximate surface area is 104 Å². The van der Waals surface area contributed by atoms with Crippen molar-refractivity contribution in [3.63, 3.8) is 0 Å².